The van der Waals surface area contributed by atoms with E-state index in [1.807, 2.05) is 73.4 Å². The molecule has 6 nitrogen and oxygen atoms in total. The summed E-state index contributed by atoms with van der Waals surface area (Å²) < 4.78 is 7.16. The number of nitrogens with one attached hydrogen (secondary N) is 1. The minimum absolute atomic E-state index is 0.0498. The molecule has 7 heteroatoms. The highest BCUT2D eigenvalue weighted by atomic mass is 32.2. The highest BCUT2D eigenvalue weighted by Crippen LogP contribution is 2.22. The van der Waals surface area contributed by atoms with Gasteiger partial charge in [0.05, 0.1) is 18.7 Å². The predicted molar refractivity (Wildman–Crippen MR) is 109 cm³/mol. The third kappa shape index (κ3) is 4.09. The van der Waals surface area contributed by atoms with Crippen LogP contribution in [0.5, 0.6) is 5.75 Å². The largest absolute Gasteiger partial charge is 0.497 e. The monoisotopic (exact) mass is 384 g/mol. The smallest absolute Gasteiger partial charge is 0.272 e. The van der Waals surface area contributed by atoms with Gasteiger partial charge in [0.25, 0.3) is 5.91 Å². The van der Waals surface area contributed by atoms with E-state index in [-0.39, 0.29) is 11.9 Å². The molecule has 0 bridgehead atoms. The molecule has 2 heterocycles. The number of nitrogens with zero attached hydrogens (tertiary/aromatic N) is 3. The Balaban J connectivity index is 1.78. The number of carbonyl (C=O) groups excluding carboxylic acids is 1. The second kappa shape index (κ2) is 8.45. The summed E-state index contributed by atoms with van der Waals surface area (Å²) in [7, 11) is 5.65. The number of hydrogen-bond acceptors (Lipinski definition) is 5. The number of ether oxygens (including phenoxy) is 1. The lowest BCUT2D eigenvalue weighted by molar-refractivity contribution is 0.0938. The maximum Gasteiger partial charge on any atom is 0.272 e. The Morgan fingerprint density at radius 1 is 1.26 bits per heavy atom. The van der Waals surface area contributed by atoms with Crippen molar-refractivity contribution < 1.29 is 9.53 Å². The summed E-state index contributed by atoms with van der Waals surface area (Å²) in [4.78, 5) is 19.4. The number of carbonyl (C=O) groups is 1. The lowest BCUT2D eigenvalue weighted by Gasteiger charge is -2.25. The molecule has 1 unspecified atom stereocenters. The third-order valence-corrected chi connectivity index (χ3v) is 5.15. The summed E-state index contributed by atoms with van der Waals surface area (Å²) in [5.41, 5.74) is 2.37. The number of amides is 1. The molecule has 0 saturated heterocycles. The second-order valence-electron chi connectivity index (χ2n) is 6.37. The molecular formula is C20H24N4O2S. The van der Waals surface area contributed by atoms with Gasteiger partial charge in [-0.15, -0.1) is 0 Å². The van der Waals surface area contributed by atoms with Crippen LogP contribution in [0.15, 0.2) is 53.8 Å². The highest BCUT2D eigenvalue weighted by molar-refractivity contribution is 7.98. The van der Waals surface area contributed by atoms with E-state index in [1.165, 1.54) is 11.8 Å². The number of thioether (sulfide) groups is 1. The number of fused-ring (bicyclic) bond motifs is 1. The number of likely N-dealkylation sites (N-methyl/N-ethyl adjacent to an activating group) is 1. The molecule has 0 fully saturated rings. The fourth-order valence-corrected chi connectivity index (χ4v) is 3.56. The quantitative estimate of drug-likeness (QED) is 0.635. The molecule has 0 aliphatic carbocycles. The van der Waals surface area contributed by atoms with E-state index in [9.17, 15) is 4.79 Å². The van der Waals surface area contributed by atoms with Crippen LogP contribution >= 0.6 is 11.8 Å². The number of imidazole rings is 1. The van der Waals surface area contributed by atoms with Gasteiger partial charge in [0.2, 0.25) is 0 Å². The Hall–Kier alpha value is -2.51. The van der Waals surface area contributed by atoms with E-state index in [1.54, 1.807) is 7.11 Å². The van der Waals surface area contributed by atoms with Crippen LogP contribution in [-0.2, 0) is 0 Å². The zero-order valence-electron chi connectivity index (χ0n) is 16.0. The van der Waals surface area contributed by atoms with Gasteiger partial charge in [0.1, 0.15) is 5.75 Å². The van der Waals surface area contributed by atoms with E-state index < -0.39 is 0 Å². The summed E-state index contributed by atoms with van der Waals surface area (Å²) in [6.07, 6.45) is 3.88. The topological polar surface area (TPSA) is 58.9 Å². The third-order valence-electron chi connectivity index (χ3n) is 4.49. The first-order valence-electron chi connectivity index (χ1n) is 8.64. The lowest BCUT2D eigenvalue weighted by atomic mass is 10.1. The van der Waals surface area contributed by atoms with E-state index in [2.05, 4.69) is 15.2 Å². The number of rotatable bonds is 7. The van der Waals surface area contributed by atoms with Crippen LogP contribution in [0.3, 0.4) is 0 Å². The summed E-state index contributed by atoms with van der Waals surface area (Å²) in [5.74, 6) is 0.647. The molecular weight excluding hydrogens is 360 g/mol. The first-order valence-corrected chi connectivity index (χ1v) is 9.87. The zero-order valence-corrected chi connectivity index (χ0v) is 16.8. The van der Waals surface area contributed by atoms with Crippen molar-refractivity contribution in [1.29, 1.82) is 0 Å². The molecule has 3 aromatic rings. The van der Waals surface area contributed by atoms with Gasteiger partial charge in [-0.05, 0) is 50.2 Å². The average molecular weight is 385 g/mol. The zero-order chi connectivity index (χ0) is 19.4. The molecule has 3 rings (SSSR count). The fourth-order valence-electron chi connectivity index (χ4n) is 3.02. The molecule has 1 N–H and O–H groups in total. The van der Waals surface area contributed by atoms with Crippen LogP contribution in [0.1, 0.15) is 22.1 Å². The number of aromatic nitrogens is 2. The van der Waals surface area contributed by atoms with Gasteiger partial charge in [-0.2, -0.15) is 0 Å². The SMILES string of the molecule is COc1ccc(C(CNC(=O)c2nc(SC)n3ccccc23)N(C)C)cc1. The minimum Gasteiger partial charge on any atom is -0.497 e. The minimum atomic E-state index is -0.167. The maximum absolute atomic E-state index is 12.8. The van der Waals surface area contributed by atoms with Crippen LogP contribution in [0.2, 0.25) is 0 Å². The van der Waals surface area contributed by atoms with Crippen molar-refractivity contribution >= 4 is 23.2 Å². The van der Waals surface area contributed by atoms with Crippen LogP contribution in [0.4, 0.5) is 0 Å². The van der Waals surface area contributed by atoms with Gasteiger partial charge < -0.3 is 15.0 Å². The summed E-state index contributed by atoms with van der Waals surface area (Å²) in [6.45, 7) is 0.485. The summed E-state index contributed by atoms with van der Waals surface area (Å²) in [5, 5.41) is 3.84. The van der Waals surface area contributed by atoms with Gasteiger partial charge in [0, 0.05) is 12.7 Å². The van der Waals surface area contributed by atoms with Gasteiger partial charge in [-0.25, -0.2) is 4.98 Å². The molecule has 0 radical (unpaired) electrons. The molecule has 27 heavy (non-hydrogen) atoms. The van der Waals surface area contributed by atoms with Gasteiger partial charge in [0.15, 0.2) is 10.9 Å². The molecule has 1 atom stereocenters. The Bertz CT molecular complexity index is 921. The number of methoxy groups -OCH3 is 1. The Labute approximate surface area is 163 Å². The lowest BCUT2D eigenvalue weighted by Crippen LogP contribution is -2.34. The Kier molecular flexibility index (Phi) is 6.03. The molecule has 0 spiro atoms. The van der Waals surface area contributed by atoms with E-state index in [0.717, 1.165) is 22.0 Å². The number of benzene rings is 1. The fraction of sp³-hybridized carbons (Fsp3) is 0.300. The van der Waals surface area contributed by atoms with E-state index in [4.69, 9.17) is 4.74 Å². The van der Waals surface area contributed by atoms with Crippen LogP contribution in [-0.4, -0.2) is 54.2 Å². The van der Waals surface area contributed by atoms with Crippen molar-refractivity contribution in [2.75, 3.05) is 34.0 Å². The molecule has 1 aromatic carbocycles. The summed E-state index contributed by atoms with van der Waals surface area (Å²) >= 11 is 1.52. The molecule has 142 valence electrons. The molecule has 2 aromatic heterocycles. The predicted octanol–water partition coefficient (Wildman–Crippen LogP) is 3.10. The van der Waals surface area contributed by atoms with Crippen molar-refractivity contribution in [2.45, 2.75) is 11.2 Å². The number of pyridine rings is 1. The van der Waals surface area contributed by atoms with Crippen LogP contribution in [0.25, 0.3) is 5.52 Å². The Morgan fingerprint density at radius 3 is 2.63 bits per heavy atom. The van der Waals surface area contributed by atoms with E-state index >= 15 is 0 Å². The maximum atomic E-state index is 12.8. The van der Waals surface area contributed by atoms with Gasteiger partial charge in [-0.1, -0.05) is 30.0 Å². The van der Waals surface area contributed by atoms with Crippen LogP contribution < -0.4 is 10.1 Å². The van der Waals surface area contributed by atoms with E-state index in [0.29, 0.717) is 12.2 Å². The van der Waals surface area contributed by atoms with Crippen LogP contribution in [0, 0.1) is 0 Å². The summed E-state index contributed by atoms with van der Waals surface area (Å²) in [6, 6.07) is 13.7. The van der Waals surface area contributed by atoms with Gasteiger partial charge in [-0.3, -0.25) is 9.20 Å². The molecule has 0 saturated carbocycles. The average Bonchev–Trinajstić information content (AvgIpc) is 3.07. The van der Waals surface area contributed by atoms with Crippen molar-refractivity contribution in [1.82, 2.24) is 19.6 Å². The number of hydrogen-bond donors (Lipinski definition) is 1. The standard InChI is InChI=1S/C20H24N4O2S/c1-23(2)17(14-8-10-15(26-3)11-9-14)13-21-19(25)18-16-7-5-6-12-24(16)20(22-18)27-4/h5-12,17H,13H2,1-4H3,(H,21,25). The second-order valence-corrected chi connectivity index (χ2v) is 7.14. The van der Waals surface area contributed by atoms with Gasteiger partial charge >= 0.3 is 0 Å². The van der Waals surface area contributed by atoms with Crippen molar-refractivity contribution in [3.05, 3.63) is 59.9 Å². The van der Waals surface area contributed by atoms with Crippen molar-refractivity contribution in [2.24, 2.45) is 0 Å². The normalized spacial score (nSPS) is 12.3. The molecule has 0 aliphatic rings. The molecule has 1 amide bonds. The van der Waals surface area contributed by atoms with Crippen molar-refractivity contribution in [3.8, 4) is 5.75 Å². The highest BCUT2D eigenvalue weighted by Gasteiger charge is 2.20. The molecule has 0 aliphatic heterocycles. The Morgan fingerprint density at radius 2 is 2.00 bits per heavy atom. The van der Waals surface area contributed by atoms with Crippen molar-refractivity contribution in [3.63, 3.8) is 0 Å². The first kappa shape index (κ1) is 19.3. The first-order chi connectivity index (χ1) is 13.0.